The average Bonchev–Trinajstić information content (AvgIpc) is 3.93. The Morgan fingerprint density at radius 3 is 1.89 bits per heavy atom. The molecule has 20 N–H and O–H groups in total. The van der Waals surface area contributed by atoms with Gasteiger partial charge in [0.25, 0.3) is 0 Å². The summed E-state index contributed by atoms with van der Waals surface area (Å²) in [5.41, 5.74) is 35.3. The predicted molar refractivity (Wildman–Crippen MR) is 300 cm³/mol. The van der Waals surface area contributed by atoms with Gasteiger partial charge in [0, 0.05) is 43.4 Å². The van der Waals surface area contributed by atoms with Crippen molar-refractivity contribution in [2.75, 3.05) is 31.1 Å². The topological polar surface area (TPSA) is 464 Å². The van der Waals surface area contributed by atoms with Crippen molar-refractivity contribution in [3.8, 4) is 5.75 Å². The fourth-order valence-electron chi connectivity index (χ4n) is 8.91. The molecule has 2 heterocycles. The Balaban J connectivity index is 1.54. The van der Waals surface area contributed by atoms with Crippen molar-refractivity contribution in [1.29, 1.82) is 0 Å². The minimum atomic E-state index is -1.82. The van der Waals surface area contributed by atoms with Gasteiger partial charge in [-0.25, -0.2) is 0 Å². The maximum absolute atomic E-state index is 15.0. The van der Waals surface area contributed by atoms with Crippen LogP contribution < -0.4 is 71.6 Å². The number of amides is 11. The summed E-state index contributed by atoms with van der Waals surface area (Å²) in [6.07, 6.45) is -1.45. The number of aromatic hydroxyl groups is 1. The molecule has 5 rings (SSSR count). The second kappa shape index (κ2) is 31.4. The van der Waals surface area contributed by atoms with E-state index in [-0.39, 0.29) is 62.0 Å². The maximum Gasteiger partial charge on any atom is 0.246 e. The lowest BCUT2D eigenvalue weighted by Gasteiger charge is -2.32. The van der Waals surface area contributed by atoms with E-state index in [9.17, 15) is 53.1 Å². The van der Waals surface area contributed by atoms with Gasteiger partial charge in [-0.1, -0.05) is 94.4 Å². The van der Waals surface area contributed by atoms with E-state index in [0.717, 1.165) is 21.6 Å². The van der Waals surface area contributed by atoms with Crippen molar-refractivity contribution in [2.45, 2.75) is 106 Å². The first-order valence-corrected chi connectivity index (χ1v) is 28.3. The summed E-state index contributed by atoms with van der Waals surface area (Å²) in [4.78, 5) is 156. The first-order valence-electron chi connectivity index (χ1n) is 25.8. The highest BCUT2D eigenvalue weighted by atomic mass is 33.1. The normalized spacial score (nSPS) is 21.8. The van der Waals surface area contributed by atoms with Gasteiger partial charge in [0.1, 0.15) is 48.0 Å². The third kappa shape index (κ3) is 20.0. The summed E-state index contributed by atoms with van der Waals surface area (Å²) in [6, 6.07) is 11.4. The molecule has 436 valence electrons. The van der Waals surface area contributed by atoms with E-state index in [1.165, 1.54) is 29.2 Å². The molecule has 0 aromatic heterocycles. The van der Waals surface area contributed by atoms with Gasteiger partial charge in [-0.05, 0) is 60.9 Å². The highest BCUT2D eigenvalue weighted by Gasteiger charge is 2.41. The van der Waals surface area contributed by atoms with Gasteiger partial charge in [-0.3, -0.25) is 57.7 Å². The summed E-state index contributed by atoms with van der Waals surface area (Å²) in [5, 5.41) is 28.1. The number of nitrogens with zero attached hydrogens (tertiary/aromatic N) is 2. The minimum absolute atomic E-state index is 0.00456. The first kappa shape index (κ1) is 63.4. The molecule has 11 amide bonds. The van der Waals surface area contributed by atoms with E-state index in [2.05, 4.69) is 42.2 Å². The lowest BCUT2D eigenvalue weighted by molar-refractivity contribution is -0.142. The number of aliphatic imine (C=N–C) groups is 1. The largest absolute Gasteiger partial charge is 0.508 e. The van der Waals surface area contributed by atoms with Crippen molar-refractivity contribution in [3.05, 3.63) is 102 Å². The summed E-state index contributed by atoms with van der Waals surface area (Å²) < 4.78 is 0. The molecule has 3 aromatic carbocycles. The quantitative estimate of drug-likeness (QED) is 0.0223. The summed E-state index contributed by atoms with van der Waals surface area (Å²) in [7, 11) is 2.01. The Labute approximate surface area is 474 Å². The monoisotopic (exact) mass is 1160 g/mol. The number of hydrogen-bond acceptors (Lipinski definition) is 16. The van der Waals surface area contributed by atoms with E-state index < -0.39 is 145 Å². The maximum atomic E-state index is 15.0. The standard InChI is InChI=1S/C52H69N15O12S2/c53-32-26-80-81-27-37(51(79)67-22-8-14-38(67)49(77)62-33(13-7-21-59-52(57)58)45(73)60-25-41(56)71)65-48(76)36(24-40(55)70)63-46(74)34(19-20-39(54)69)61-47(75)35(23-28-15-17-31(68)18-16-28)64-50(78)43(66-44(32)72)42(29-9-3-1-4-10-29)30-11-5-2-6-12-30/h1-6,9-12,15-18,32-38,42-43,68H,7-8,13-14,19-27,53H2,(H2,54,69)(H2,55,70)(H2,56,71)(H,60,73)(H,61,75)(H,62,77)(H,63,74)(H,64,78)(H,65,76)(H,66,72)(H4,57,58,59)/t32-,33+,34+,35+,36+,37-,38+,43+/m1/s1. The van der Waals surface area contributed by atoms with E-state index in [0.29, 0.717) is 23.1 Å². The third-order valence-electron chi connectivity index (χ3n) is 13.0. The van der Waals surface area contributed by atoms with Crippen LogP contribution in [0.5, 0.6) is 5.75 Å². The van der Waals surface area contributed by atoms with Crippen LogP contribution in [0.4, 0.5) is 0 Å². The Kier molecular flexibility index (Phi) is 24.6. The summed E-state index contributed by atoms with van der Waals surface area (Å²) in [5.74, 6) is -11.6. The Bertz CT molecular complexity index is 2720. The van der Waals surface area contributed by atoms with Crippen molar-refractivity contribution < 1.29 is 57.8 Å². The van der Waals surface area contributed by atoms with Crippen LogP contribution in [-0.4, -0.2) is 160 Å². The molecule has 3 aromatic rings. The molecule has 0 aliphatic carbocycles. The molecule has 0 spiro atoms. The van der Waals surface area contributed by atoms with Gasteiger partial charge < -0.3 is 81.6 Å². The number of phenolic OH excluding ortho intramolecular Hbond substituents is 1. The van der Waals surface area contributed by atoms with Crippen LogP contribution in [0.2, 0.25) is 0 Å². The van der Waals surface area contributed by atoms with Gasteiger partial charge in [0.15, 0.2) is 5.96 Å². The molecular weight excluding hydrogens is 1090 g/mol. The lowest BCUT2D eigenvalue weighted by Crippen LogP contribution is -2.61. The Hall–Kier alpha value is -8.44. The number of likely N-dealkylation sites (tertiary alicyclic amines) is 1. The molecule has 0 saturated carbocycles. The molecule has 27 nitrogen and oxygen atoms in total. The minimum Gasteiger partial charge on any atom is -0.508 e. The number of carbonyl (C=O) groups is 11. The zero-order valence-corrected chi connectivity index (χ0v) is 45.7. The van der Waals surface area contributed by atoms with Gasteiger partial charge in [-0.15, -0.1) is 0 Å². The van der Waals surface area contributed by atoms with Crippen molar-refractivity contribution in [3.63, 3.8) is 0 Å². The van der Waals surface area contributed by atoms with Crippen LogP contribution in [0.3, 0.4) is 0 Å². The van der Waals surface area contributed by atoms with Gasteiger partial charge in [0.05, 0.1) is 19.0 Å². The number of rotatable bonds is 20. The van der Waals surface area contributed by atoms with Crippen molar-refractivity contribution >= 4 is 92.5 Å². The molecule has 2 aliphatic rings. The van der Waals surface area contributed by atoms with Gasteiger partial charge >= 0.3 is 0 Å². The first-order chi connectivity index (χ1) is 38.6. The molecule has 81 heavy (non-hydrogen) atoms. The fraction of sp³-hybridized carbons (Fsp3) is 0.423. The molecule has 8 atom stereocenters. The van der Waals surface area contributed by atoms with E-state index >= 15 is 4.79 Å². The van der Waals surface area contributed by atoms with E-state index in [1.54, 1.807) is 60.7 Å². The zero-order valence-electron chi connectivity index (χ0n) is 44.1. The van der Waals surface area contributed by atoms with Crippen molar-refractivity contribution in [2.24, 2.45) is 39.4 Å². The van der Waals surface area contributed by atoms with Gasteiger partial charge in [-0.2, -0.15) is 0 Å². The second-order valence-corrected chi connectivity index (χ2v) is 21.7. The number of nitrogens with one attached hydrogen (secondary N) is 7. The molecule has 2 aliphatic heterocycles. The third-order valence-corrected chi connectivity index (χ3v) is 15.4. The molecule has 2 saturated heterocycles. The average molecular weight is 1160 g/mol. The number of nitrogens with two attached hydrogens (primary N) is 6. The highest BCUT2D eigenvalue weighted by Crippen LogP contribution is 2.30. The molecule has 2 fully saturated rings. The summed E-state index contributed by atoms with van der Waals surface area (Å²) in [6.45, 7) is -0.461. The van der Waals surface area contributed by atoms with Crippen LogP contribution in [0.15, 0.2) is 89.9 Å². The van der Waals surface area contributed by atoms with E-state index in [4.69, 9.17) is 34.4 Å². The van der Waals surface area contributed by atoms with Crippen LogP contribution in [0.1, 0.15) is 67.6 Å². The second-order valence-electron chi connectivity index (χ2n) is 19.1. The Morgan fingerprint density at radius 1 is 0.691 bits per heavy atom. The lowest BCUT2D eigenvalue weighted by atomic mass is 9.84. The van der Waals surface area contributed by atoms with Crippen LogP contribution in [0.25, 0.3) is 0 Å². The molecule has 0 unspecified atom stereocenters. The molecule has 0 bridgehead atoms. The predicted octanol–water partition coefficient (Wildman–Crippen LogP) is -3.82. The number of benzene rings is 3. The summed E-state index contributed by atoms with van der Waals surface area (Å²) >= 11 is 0. The van der Waals surface area contributed by atoms with Crippen LogP contribution >= 0.6 is 21.6 Å². The number of hydrogen-bond donors (Lipinski definition) is 14. The molecule has 29 heteroatoms. The van der Waals surface area contributed by atoms with Crippen LogP contribution in [-0.2, 0) is 59.2 Å². The van der Waals surface area contributed by atoms with Gasteiger partial charge in [0.2, 0.25) is 65.0 Å². The van der Waals surface area contributed by atoms with E-state index in [1.807, 2.05) is 0 Å². The van der Waals surface area contributed by atoms with Crippen LogP contribution in [0, 0.1) is 0 Å². The smallest absolute Gasteiger partial charge is 0.246 e. The number of carbonyl (C=O) groups excluding carboxylic acids is 11. The highest BCUT2D eigenvalue weighted by molar-refractivity contribution is 8.76. The number of guanidine groups is 1. The molecule has 0 radical (unpaired) electrons. The SMILES string of the molecule is NC(=O)CC[C@@H]1NC(=O)[C@H](Cc2ccc(O)cc2)NC(=O)[C@H](C(c2ccccc2)c2ccccc2)NC(=O)[C@H](N)CSSC[C@H](C(=O)N2CCC[C@H]2C(=O)N[C@@H](CCCN=C(N)N)C(=O)NCC(N)=O)NC(=O)[C@H](CC(N)=O)NC1=O. The fourth-order valence-corrected chi connectivity index (χ4v) is 11.2. The Morgan fingerprint density at radius 2 is 1.28 bits per heavy atom. The number of primary amides is 3. The zero-order chi connectivity index (χ0) is 59.2. The van der Waals surface area contributed by atoms with Crippen molar-refractivity contribution in [1.82, 2.24) is 42.1 Å². The number of phenols is 1. The molecular formula is C52H69N15O12S2.